The highest BCUT2D eigenvalue weighted by Crippen LogP contribution is 2.33. The van der Waals surface area contributed by atoms with E-state index in [0.29, 0.717) is 27.4 Å². The molecule has 0 aliphatic carbocycles. The van der Waals surface area contributed by atoms with Crippen LogP contribution < -0.4 is 20.7 Å². The highest BCUT2D eigenvalue weighted by atomic mass is 79.9. The van der Waals surface area contributed by atoms with Gasteiger partial charge in [-0.15, -0.1) is 0 Å². The van der Waals surface area contributed by atoms with Gasteiger partial charge in [0.1, 0.15) is 22.3 Å². The third-order valence-corrected chi connectivity index (χ3v) is 3.07. The second-order valence-corrected chi connectivity index (χ2v) is 4.39. The molecular weight excluding hydrogens is 326 g/mol. The summed E-state index contributed by atoms with van der Waals surface area (Å²) in [6, 6.07) is 6.85. The van der Waals surface area contributed by atoms with Crippen molar-refractivity contribution >= 4 is 21.7 Å². The maximum atomic E-state index is 8.96. The molecule has 0 radical (unpaired) electrons. The zero-order valence-electron chi connectivity index (χ0n) is 10.4. The maximum Gasteiger partial charge on any atom is 0.238 e. The van der Waals surface area contributed by atoms with Gasteiger partial charge < -0.3 is 14.9 Å². The van der Waals surface area contributed by atoms with Crippen molar-refractivity contribution in [2.45, 2.75) is 0 Å². The zero-order chi connectivity index (χ0) is 14.5. The quantitative estimate of drug-likeness (QED) is 0.651. The maximum absolute atomic E-state index is 8.96. The number of methoxy groups -OCH3 is 1. The molecule has 0 saturated heterocycles. The van der Waals surface area contributed by atoms with Gasteiger partial charge in [0.25, 0.3) is 0 Å². The molecule has 102 valence electrons. The summed E-state index contributed by atoms with van der Waals surface area (Å²) in [4.78, 5) is 7.91. The molecule has 1 aromatic carbocycles. The molecule has 0 aliphatic rings. The van der Waals surface area contributed by atoms with Gasteiger partial charge in [0, 0.05) is 6.07 Å². The zero-order valence-corrected chi connectivity index (χ0v) is 12.0. The van der Waals surface area contributed by atoms with Crippen molar-refractivity contribution < 1.29 is 9.47 Å². The summed E-state index contributed by atoms with van der Waals surface area (Å²) in [6.45, 7) is 0. The molecule has 0 spiro atoms. The van der Waals surface area contributed by atoms with Crippen LogP contribution >= 0.6 is 15.9 Å². The molecule has 3 N–H and O–H groups in total. The predicted molar refractivity (Wildman–Crippen MR) is 75.3 cm³/mol. The third kappa shape index (κ3) is 2.96. The molecule has 0 amide bonds. The van der Waals surface area contributed by atoms with Crippen molar-refractivity contribution in [2.75, 3.05) is 12.5 Å². The molecule has 1 aromatic heterocycles. The Morgan fingerprint density at radius 1 is 1.30 bits per heavy atom. The van der Waals surface area contributed by atoms with Gasteiger partial charge in [0.15, 0.2) is 5.82 Å². The number of nitriles is 1. The molecule has 0 bridgehead atoms. The minimum absolute atomic E-state index is 0.269. The van der Waals surface area contributed by atoms with Crippen molar-refractivity contribution in [3.63, 3.8) is 0 Å². The number of aromatic nitrogens is 2. The number of hydrogen-bond donors (Lipinski definition) is 2. The lowest BCUT2D eigenvalue weighted by Gasteiger charge is -2.10. The largest absolute Gasteiger partial charge is 0.497 e. The number of nitrogens with one attached hydrogen (secondary N) is 1. The van der Waals surface area contributed by atoms with E-state index in [1.807, 2.05) is 6.07 Å². The Kier molecular flexibility index (Phi) is 4.34. The smallest absolute Gasteiger partial charge is 0.238 e. The first-order chi connectivity index (χ1) is 9.67. The fourth-order valence-electron chi connectivity index (χ4n) is 1.45. The van der Waals surface area contributed by atoms with Gasteiger partial charge in [0.05, 0.1) is 18.7 Å². The number of halogens is 1. The second kappa shape index (κ2) is 6.18. The Labute approximate surface area is 123 Å². The third-order valence-electron chi connectivity index (χ3n) is 2.35. The van der Waals surface area contributed by atoms with Crippen molar-refractivity contribution in [3.05, 3.63) is 34.6 Å². The number of anilines is 1. The van der Waals surface area contributed by atoms with E-state index in [-0.39, 0.29) is 5.88 Å². The van der Waals surface area contributed by atoms with E-state index in [9.17, 15) is 0 Å². The normalized spacial score (nSPS) is 9.70. The number of hydrogen-bond acceptors (Lipinski definition) is 7. The fraction of sp³-hybridized carbons (Fsp3) is 0.0833. The average molecular weight is 336 g/mol. The van der Waals surface area contributed by atoms with Gasteiger partial charge in [-0.25, -0.2) is 15.8 Å². The topological polar surface area (TPSA) is 106 Å². The van der Waals surface area contributed by atoms with Gasteiger partial charge in [-0.2, -0.15) is 5.26 Å². The van der Waals surface area contributed by atoms with Crippen LogP contribution in [0.25, 0.3) is 0 Å². The summed E-state index contributed by atoms with van der Waals surface area (Å²) in [5.74, 6) is 6.91. The van der Waals surface area contributed by atoms with Crippen molar-refractivity contribution in [1.82, 2.24) is 9.97 Å². The Balaban J connectivity index is 2.37. The van der Waals surface area contributed by atoms with Crippen LogP contribution in [-0.4, -0.2) is 17.1 Å². The van der Waals surface area contributed by atoms with E-state index in [2.05, 4.69) is 31.3 Å². The Morgan fingerprint density at radius 3 is 2.70 bits per heavy atom. The Morgan fingerprint density at radius 2 is 2.05 bits per heavy atom. The Hall–Kier alpha value is -2.37. The summed E-state index contributed by atoms with van der Waals surface area (Å²) in [6.07, 6.45) is 1.31. The number of hydrazine groups is 1. The van der Waals surface area contributed by atoms with Crippen LogP contribution in [0.3, 0.4) is 0 Å². The molecule has 0 unspecified atom stereocenters. The number of nitrogens with two attached hydrogens (primary N) is 1. The molecular formula is C12H10BrN5O2. The highest BCUT2D eigenvalue weighted by molar-refractivity contribution is 9.10. The molecule has 7 nitrogen and oxygen atoms in total. The summed E-state index contributed by atoms with van der Waals surface area (Å²) in [5.41, 5.74) is 2.83. The minimum Gasteiger partial charge on any atom is -0.497 e. The van der Waals surface area contributed by atoms with Crippen LogP contribution in [0.2, 0.25) is 0 Å². The van der Waals surface area contributed by atoms with Crippen LogP contribution in [0.1, 0.15) is 5.56 Å². The van der Waals surface area contributed by atoms with Crippen LogP contribution in [0.4, 0.5) is 5.82 Å². The van der Waals surface area contributed by atoms with Crippen molar-refractivity contribution in [2.24, 2.45) is 5.84 Å². The number of benzene rings is 1. The van der Waals surface area contributed by atoms with Crippen LogP contribution in [0.5, 0.6) is 17.4 Å². The summed E-state index contributed by atoms with van der Waals surface area (Å²) in [7, 11) is 1.51. The monoisotopic (exact) mass is 335 g/mol. The van der Waals surface area contributed by atoms with E-state index in [4.69, 9.17) is 20.6 Å². The second-order valence-electron chi connectivity index (χ2n) is 3.60. The first-order valence-corrected chi connectivity index (χ1v) is 6.21. The molecule has 2 aromatic rings. The molecule has 8 heteroatoms. The predicted octanol–water partition coefficient (Wildman–Crippen LogP) is 2.20. The lowest BCUT2D eigenvalue weighted by molar-refractivity contribution is 0.406. The molecule has 0 aliphatic heterocycles. The van der Waals surface area contributed by atoms with Crippen LogP contribution in [0, 0.1) is 11.3 Å². The van der Waals surface area contributed by atoms with Crippen molar-refractivity contribution in [1.29, 1.82) is 5.26 Å². The van der Waals surface area contributed by atoms with Gasteiger partial charge in [-0.3, -0.25) is 0 Å². The SMILES string of the molecule is COc1cc(C#N)cc(Oc2ncnc(NN)c2Br)c1. The lowest BCUT2D eigenvalue weighted by atomic mass is 10.2. The molecule has 0 fully saturated rings. The number of ether oxygens (including phenoxy) is 2. The van der Waals surface area contributed by atoms with E-state index in [1.54, 1.807) is 18.2 Å². The summed E-state index contributed by atoms with van der Waals surface area (Å²) >= 11 is 3.28. The van der Waals surface area contributed by atoms with E-state index >= 15 is 0 Å². The van der Waals surface area contributed by atoms with Crippen molar-refractivity contribution in [3.8, 4) is 23.4 Å². The molecule has 1 heterocycles. The van der Waals surface area contributed by atoms with E-state index < -0.39 is 0 Å². The molecule has 2 rings (SSSR count). The fourth-order valence-corrected chi connectivity index (χ4v) is 1.85. The first-order valence-electron chi connectivity index (χ1n) is 5.42. The van der Waals surface area contributed by atoms with Gasteiger partial charge >= 0.3 is 0 Å². The average Bonchev–Trinajstić information content (AvgIpc) is 2.49. The highest BCUT2D eigenvalue weighted by Gasteiger charge is 2.11. The van der Waals surface area contributed by atoms with E-state index in [1.165, 1.54) is 13.4 Å². The molecule has 0 saturated carbocycles. The summed E-state index contributed by atoms with van der Waals surface area (Å²) < 4.78 is 11.2. The van der Waals surface area contributed by atoms with Gasteiger partial charge in [-0.05, 0) is 28.1 Å². The molecule has 0 atom stereocenters. The van der Waals surface area contributed by atoms with E-state index in [0.717, 1.165) is 0 Å². The van der Waals surface area contributed by atoms with Gasteiger partial charge in [0.2, 0.25) is 5.88 Å². The van der Waals surface area contributed by atoms with Crippen LogP contribution in [0.15, 0.2) is 29.0 Å². The number of nitrogens with zero attached hydrogens (tertiary/aromatic N) is 3. The number of nitrogen functional groups attached to an aromatic ring is 1. The summed E-state index contributed by atoms with van der Waals surface area (Å²) in [5, 5.41) is 8.96. The molecule has 20 heavy (non-hydrogen) atoms. The van der Waals surface area contributed by atoms with Gasteiger partial charge in [-0.1, -0.05) is 0 Å². The number of rotatable bonds is 4. The van der Waals surface area contributed by atoms with Crippen LogP contribution in [-0.2, 0) is 0 Å². The first kappa shape index (κ1) is 14.0. The standard InChI is InChI=1S/C12H10BrN5O2/c1-19-8-2-7(5-14)3-9(4-8)20-12-10(13)11(18-15)16-6-17-12/h2-4,6H,15H2,1H3,(H,16,17,18). The minimum atomic E-state index is 0.269. The Bertz CT molecular complexity index is 671. The lowest BCUT2D eigenvalue weighted by Crippen LogP contribution is -2.09.